The number of nitrogens with zero attached hydrogens (tertiary/aromatic N) is 3. The Morgan fingerprint density at radius 2 is 1.92 bits per heavy atom. The third kappa shape index (κ3) is 4.39. The predicted octanol–water partition coefficient (Wildman–Crippen LogP) is 4.65. The normalized spacial score (nSPS) is 17.1. The molecule has 0 spiro atoms. The first-order valence-electron chi connectivity index (χ1n) is 11.9. The lowest BCUT2D eigenvalue weighted by atomic mass is 9.95. The maximum atomic E-state index is 13.9. The number of aromatic carboxylic acids is 1. The number of hydrogen-bond acceptors (Lipinski definition) is 6. The maximum absolute atomic E-state index is 13.9. The molecule has 3 heterocycles. The molecule has 0 fully saturated rings. The summed E-state index contributed by atoms with van der Waals surface area (Å²) in [6.45, 7) is 2.23. The number of halogens is 3. The van der Waals surface area contributed by atoms with Crippen molar-refractivity contribution >= 4 is 11.9 Å². The number of carbonyl (C=O) groups is 2. The molecule has 38 heavy (non-hydrogen) atoms. The number of alkyl halides is 3. The van der Waals surface area contributed by atoms with Gasteiger partial charge in [-0.3, -0.25) is 9.48 Å². The lowest BCUT2D eigenvalue weighted by Gasteiger charge is -2.35. The van der Waals surface area contributed by atoms with E-state index in [1.807, 2.05) is 0 Å². The van der Waals surface area contributed by atoms with E-state index in [9.17, 15) is 27.9 Å². The van der Waals surface area contributed by atoms with Gasteiger partial charge in [0.1, 0.15) is 23.9 Å². The standard InChI is InChI=1S/C26H24F3N3O6/c1-3-31-13-19(23(30-31)26(27,28)29)16-10-14(25(34)35)11-18-22(16)38-9-7-32(24(18)33)20-6-8-37-21-5-4-15(36-2)12-17(20)21/h4-5,10-13,20H,3,6-9H2,1-2H3,(H,34,35)/t20-/m0/s1. The quantitative estimate of drug-likeness (QED) is 0.511. The molecule has 0 bridgehead atoms. The van der Waals surface area contributed by atoms with Crippen molar-refractivity contribution in [3.63, 3.8) is 0 Å². The highest BCUT2D eigenvalue weighted by Crippen LogP contribution is 2.45. The second-order valence-corrected chi connectivity index (χ2v) is 8.85. The van der Waals surface area contributed by atoms with Crippen LogP contribution in [0.1, 0.15) is 51.4 Å². The molecule has 9 nitrogen and oxygen atoms in total. The Bertz CT molecular complexity index is 1420. The van der Waals surface area contributed by atoms with Crippen LogP contribution < -0.4 is 14.2 Å². The van der Waals surface area contributed by atoms with Crippen LogP contribution >= 0.6 is 0 Å². The molecule has 1 atom stereocenters. The molecule has 1 N–H and O–H groups in total. The van der Waals surface area contributed by atoms with Crippen molar-refractivity contribution < 1.29 is 42.1 Å². The number of fused-ring (bicyclic) bond motifs is 2. The summed E-state index contributed by atoms with van der Waals surface area (Å²) in [5.74, 6) is -0.904. The lowest BCUT2D eigenvalue weighted by Crippen LogP contribution is -2.38. The summed E-state index contributed by atoms with van der Waals surface area (Å²) in [5, 5.41) is 13.4. The number of amides is 1. The van der Waals surface area contributed by atoms with E-state index < -0.39 is 29.8 Å². The minimum atomic E-state index is -4.81. The molecule has 0 unspecified atom stereocenters. The highest BCUT2D eigenvalue weighted by atomic mass is 19.4. The highest BCUT2D eigenvalue weighted by Gasteiger charge is 2.40. The highest BCUT2D eigenvalue weighted by molar-refractivity contribution is 6.03. The van der Waals surface area contributed by atoms with Crippen LogP contribution in [0.2, 0.25) is 0 Å². The number of hydrogen-bond donors (Lipinski definition) is 1. The summed E-state index contributed by atoms with van der Waals surface area (Å²) in [4.78, 5) is 27.5. The monoisotopic (exact) mass is 531 g/mol. The Labute approximate surface area is 215 Å². The second kappa shape index (κ2) is 9.58. The topological polar surface area (TPSA) is 103 Å². The van der Waals surface area contributed by atoms with E-state index in [1.54, 1.807) is 30.0 Å². The van der Waals surface area contributed by atoms with Crippen LogP contribution in [0.3, 0.4) is 0 Å². The molecule has 5 rings (SSSR count). The van der Waals surface area contributed by atoms with E-state index in [0.717, 1.165) is 16.8 Å². The number of carboxylic acids is 1. The predicted molar refractivity (Wildman–Crippen MR) is 128 cm³/mol. The van der Waals surface area contributed by atoms with Gasteiger partial charge in [-0.15, -0.1) is 0 Å². The Morgan fingerprint density at radius 3 is 2.61 bits per heavy atom. The minimum Gasteiger partial charge on any atom is -0.497 e. The SMILES string of the molecule is CCn1cc(-c2cc(C(=O)O)cc3c2OCCN([C@H]2CCOc4ccc(OC)cc42)C3=O)c(C(F)(F)F)n1. The molecule has 1 aromatic heterocycles. The molecular formula is C26H24F3N3O6. The summed E-state index contributed by atoms with van der Waals surface area (Å²) in [6, 6.07) is 7.05. The van der Waals surface area contributed by atoms with Gasteiger partial charge in [-0.2, -0.15) is 18.3 Å². The van der Waals surface area contributed by atoms with Gasteiger partial charge < -0.3 is 24.2 Å². The molecule has 200 valence electrons. The molecule has 2 aliphatic rings. The van der Waals surface area contributed by atoms with Gasteiger partial charge in [-0.05, 0) is 37.3 Å². The van der Waals surface area contributed by atoms with E-state index in [2.05, 4.69) is 5.10 Å². The van der Waals surface area contributed by atoms with Crippen LogP contribution in [0, 0.1) is 0 Å². The fourth-order valence-corrected chi connectivity index (χ4v) is 4.86. The van der Waals surface area contributed by atoms with Gasteiger partial charge in [0.05, 0.1) is 37.4 Å². The number of carboxylic acid groups (broad SMARTS) is 1. The van der Waals surface area contributed by atoms with Gasteiger partial charge in [-0.1, -0.05) is 0 Å². The fraction of sp³-hybridized carbons (Fsp3) is 0.346. The smallest absolute Gasteiger partial charge is 0.435 e. The van der Waals surface area contributed by atoms with Crippen molar-refractivity contribution in [3.8, 4) is 28.4 Å². The molecule has 2 aliphatic heterocycles. The van der Waals surface area contributed by atoms with Gasteiger partial charge in [0.25, 0.3) is 5.91 Å². The average Bonchev–Trinajstić information content (AvgIpc) is 3.28. The number of rotatable bonds is 5. The van der Waals surface area contributed by atoms with Gasteiger partial charge in [0, 0.05) is 35.9 Å². The van der Waals surface area contributed by atoms with Crippen molar-refractivity contribution in [1.29, 1.82) is 0 Å². The number of ether oxygens (including phenoxy) is 3. The zero-order valence-electron chi connectivity index (χ0n) is 20.5. The summed E-state index contributed by atoms with van der Waals surface area (Å²) in [6.07, 6.45) is -3.18. The van der Waals surface area contributed by atoms with E-state index in [-0.39, 0.29) is 47.7 Å². The Hall–Kier alpha value is -4.22. The van der Waals surface area contributed by atoms with E-state index in [0.29, 0.717) is 30.1 Å². The van der Waals surface area contributed by atoms with Gasteiger partial charge in [0.15, 0.2) is 5.69 Å². The van der Waals surface area contributed by atoms with Crippen LogP contribution in [0.15, 0.2) is 36.5 Å². The number of benzene rings is 2. The number of carbonyl (C=O) groups excluding carboxylic acids is 1. The van der Waals surface area contributed by atoms with E-state index in [4.69, 9.17) is 14.2 Å². The number of methoxy groups -OCH3 is 1. The van der Waals surface area contributed by atoms with Crippen LogP contribution in [0.5, 0.6) is 17.2 Å². The van der Waals surface area contributed by atoms with E-state index >= 15 is 0 Å². The number of aryl methyl sites for hydroxylation is 1. The molecule has 2 aromatic carbocycles. The first-order chi connectivity index (χ1) is 18.1. The van der Waals surface area contributed by atoms with Crippen molar-refractivity contribution in [2.45, 2.75) is 32.1 Å². The maximum Gasteiger partial charge on any atom is 0.435 e. The zero-order chi connectivity index (χ0) is 27.2. The summed E-state index contributed by atoms with van der Waals surface area (Å²) >= 11 is 0. The molecule has 0 radical (unpaired) electrons. The molecule has 3 aromatic rings. The van der Waals surface area contributed by atoms with Crippen molar-refractivity contribution in [3.05, 3.63) is 58.9 Å². The third-order valence-electron chi connectivity index (χ3n) is 6.65. The molecule has 0 aliphatic carbocycles. The largest absolute Gasteiger partial charge is 0.497 e. The molecule has 0 saturated carbocycles. The zero-order valence-corrected chi connectivity index (χ0v) is 20.5. The molecule has 12 heteroatoms. The van der Waals surface area contributed by atoms with Crippen LogP contribution in [0.25, 0.3) is 11.1 Å². The first kappa shape index (κ1) is 25.4. The van der Waals surface area contributed by atoms with Crippen LogP contribution in [-0.4, -0.2) is 58.5 Å². The van der Waals surface area contributed by atoms with Crippen molar-refractivity contribution in [2.75, 3.05) is 26.9 Å². The Balaban J connectivity index is 1.66. The summed E-state index contributed by atoms with van der Waals surface area (Å²) in [5.41, 5.74) is -1.47. The van der Waals surface area contributed by atoms with Crippen LogP contribution in [0.4, 0.5) is 13.2 Å². The molecule has 1 amide bonds. The molecular weight excluding hydrogens is 507 g/mol. The summed E-state index contributed by atoms with van der Waals surface area (Å²) in [7, 11) is 1.52. The fourth-order valence-electron chi connectivity index (χ4n) is 4.86. The van der Waals surface area contributed by atoms with Crippen LogP contribution in [-0.2, 0) is 12.7 Å². The van der Waals surface area contributed by atoms with Crippen molar-refractivity contribution in [1.82, 2.24) is 14.7 Å². The lowest BCUT2D eigenvalue weighted by molar-refractivity contribution is -0.141. The van der Waals surface area contributed by atoms with E-state index in [1.165, 1.54) is 13.3 Å². The third-order valence-corrected chi connectivity index (χ3v) is 6.65. The number of aromatic nitrogens is 2. The Kier molecular flexibility index (Phi) is 6.41. The summed E-state index contributed by atoms with van der Waals surface area (Å²) < 4.78 is 59.8. The first-order valence-corrected chi connectivity index (χ1v) is 11.9. The van der Waals surface area contributed by atoms with Gasteiger partial charge >= 0.3 is 12.1 Å². The molecule has 0 saturated heterocycles. The average molecular weight is 531 g/mol. The van der Waals surface area contributed by atoms with Crippen molar-refractivity contribution in [2.24, 2.45) is 0 Å². The van der Waals surface area contributed by atoms with Gasteiger partial charge in [0.2, 0.25) is 0 Å². The minimum absolute atomic E-state index is 0.0158. The Morgan fingerprint density at radius 1 is 1.16 bits per heavy atom. The second-order valence-electron chi connectivity index (χ2n) is 8.85. The van der Waals surface area contributed by atoms with Gasteiger partial charge in [-0.25, -0.2) is 4.79 Å².